The second-order valence-electron chi connectivity index (χ2n) is 4.25. The van der Waals surface area contributed by atoms with Crippen molar-refractivity contribution in [1.82, 2.24) is 15.6 Å². The van der Waals surface area contributed by atoms with Crippen LogP contribution in [0.15, 0.2) is 16.8 Å². The third-order valence-electron chi connectivity index (χ3n) is 2.74. The summed E-state index contributed by atoms with van der Waals surface area (Å²) in [6, 6.07) is 2.49. The summed E-state index contributed by atoms with van der Waals surface area (Å²) in [6.45, 7) is 4.60. The molecule has 0 aliphatic rings. The third kappa shape index (κ3) is 3.30. The first-order chi connectivity index (χ1) is 9.61. The van der Waals surface area contributed by atoms with E-state index >= 15 is 0 Å². The van der Waals surface area contributed by atoms with E-state index in [1.165, 1.54) is 12.1 Å². The quantitative estimate of drug-likeness (QED) is 0.881. The second kappa shape index (κ2) is 6.42. The Kier molecular flexibility index (Phi) is 4.62. The Bertz CT molecular complexity index is 564. The van der Waals surface area contributed by atoms with E-state index < -0.39 is 17.4 Å². The summed E-state index contributed by atoms with van der Waals surface area (Å²) in [5.74, 6) is -1.91. The molecule has 2 rings (SSSR count). The van der Waals surface area contributed by atoms with E-state index in [9.17, 15) is 8.78 Å². The lowest BCUT2D eigenvalue weighted by Gasteiger charge is -2.09. The van der Waals surface area contributed by atoms with Crippen molar-refractivity contribution in [2.24, 2.45) is 0 Å². The average molecular weight is 283 g/mol. The van der Waals surface area contributed by atoms with Crippen molar-refractivity contribution >= 4 is 0 Å². The molecule has 1 heterocycles. The number of aromatic nitrogens is 2. The van der Waals surface area contributed by atoms with Gasteiger partial charge in [0.15, 0.2) is 17.4 Å². The summed E-state index contributed by atoms with van der Waals surface area (Å²) in [7, 11) is 0. The molecule has 0 radical (unpaired) electrons. The molecule has 0 unspecified atom stereocenters. The van der Waals surface area contributed by atoms with Crippen LogP contribution >= 0.6 is 0 Å². The highest BCUT2D eigenvalue weighted by Crippen LogP contribution is 2.24. The van der Waals surface area contributed by atoms with Gasteiger partial charge in [-0.15, -0.1) is 0 Å². The van der Waals surface area contributed by atoms with Gasteiger partial charge in [0.25, 0.3) is 0 Å². The van der Waals surface area contributed by atoms with E-state index in [0.717, 1.165) is 6.54 Å². The van der Waals surface area contributed by atoms with E-state index in [-0.39, 0.29) is 6.61 Å². The largest absolute Gasteiger partial charge is 0.481 e. The van der Waals surface area contributed by atoms with Crippen molar-refractivity contribution in [3.05, 3.63) is 40.7 Å². The summed E-state index contributed by atoms with van der Waals surface area (Å²) in [6.07, 6.45) is 0. The van der Waals surface area contributed by atoms with Gasteiger partial charge in [0.2, 0.25) is 0 Å². The molecule has 0 fully saturated rings. The summed E-state index contributed by atoms with van der Waals surface area (Å²) < 4.78 is 37.2. The fraction of sp³-hybridized carbons (Fsp3) is 0.385. The summed E-state index contributed by atoms with van der Waals surface area (Å²) in [5, 5.41) is 10.1. The number of hydrogen-bond acceptors (Lipinski definition) is 5. The Morgan fingerprint density at radius 3 is 2.50 bits per heavy atom. The first-order valence-corrected chi connectivity index (χ1v) is 6.21. The number of aryl methyl sites for hydroxylation is 1. The Labute approximate surface area is 114 Å². The van der Waals surface area contributed by atoms with Gasteiger partial charge >= 0.3 is 0 Å². The highest BCUT2D eigenvalue weighted by Gasteiger charge is 2.14. The zero-order valence-corrected chi connectivity index (χ0v) is 11.2. The number of ether oxygens (including phenoxy) is 1. The molecule has 0 amide bonds. The Morgan fingerprint density at radius 1 is 1.25 bits per heavy atom. The molecule has 0 bridgehead atoms. The zero-order chi connectivity index (χ0) is 14.5. The van der Waals surface area contributed by atoms with E-state index in [1.54, 1.807) is 6.92 Å². The van der Waals surface area contributed by atoms with E-state index in [4.69, 9.17) is 4.74 Å². The van der Waals surface area contributed by atoms with Crippen LogP contribution in [0.25, 0.3) is 0 Å². The summed E-state index contributed by atoms with van der Waals surface area (Å²) >= 11 is 0. The maximum absolute atomic E-state index is 13.8. The minimum Gasteiger partial charge on any atom is -0.481 e. The average Bonchev–Trinajstić information content (AvgIpc) is 2.81. The van der Waals surface area contributed by atoms with Crippen molar-refractivity contribution in [2.75, 3.05) is 6.54 Å². The smallest absolute Gasteiger partial charge is 0.191 e. The highest BCUT2D eigenvalue weighted by atomic mass is 19.1. The Morgan fingerprint density at radius 2 is 1.95 bits per heavy atom. The molecule has 20 heavy (non-hydrogen) atoms. The monoisotopic (exact) mass is 283 g/mol. The van der Waals surface area contributed by atoms with Gasteiger partial charge in [-0.1, -0.05) is 17.2 Å². The molecule has 0 aliphatic heterocycles. The molecule has 2 aromatic rings. The minimum absolute atomic E-state index is 0.101. The van der Waals surface area contributed by atoms with Gasteiger partial charge < -0.3 is 10.1 Å². The van der Waals surface area contributed by atoms with Gasteiger partial charge in [-0.3, -0.25) is 0 Å². The van der Waals surface area contributed by atoms with Crippen molar-refractivity contribution < 1.29 is 18.1 Å². The maximum atomic E-state index is 13.8. The standard InChI is InChI=1S/C13H15F2N3O2/c1-3-16-6-9-4-10(14)13(11(15)5-9)19-7-12-8(2)17-20-18-12/h4-5,16H,3,6-7H2,1-2H3. The topological polar surface area (TPSA) is 60.2 Å². The predicted molar refractivity (Wildman–Crippen MR) is 67.1 cm³/mol. The molecule has 5 nitrogen and oxygen atoms in total. The van der Waals surface area contributed by atoms with Gasteiger partial charge in [-0.25, -0.2) is 13.4 Å². The number of hydrogen-bond donors (Lipinski definition) is 1. The van der Waals surface area contributed by atoms with Gasteiger partial charge in [0.05, 0.1) is 0 Å². The Hall–Kier alpha value is -2.02. The Balaban J connectivity index is 2.10. The predicted octanol–water partition coefficient (Wildman–Crippen LogP) is 2.34. The molecular formula is C13H15F2N3O2. The molecule has 108 valence electrons. The van der Waals surface area contributed by atoms with Crippen LogP contribution < -0.4 is 10.1 Å². The van der Waals surface area contributed by atoms with Crippen LogP contribution in [0.1, 0.15) is 23.9 Å². The minimum atomic E-state index is -0.744. The first kappa shape index (κ1) is 14.4. The molecule has 0 saturated heterocycles. The zero-order valence-electron chi connectivity index (χ0n) is 11.2. The van der Waals surface area contributed by atoms with Crippen molar-refractivity contribution in [2.45, 2.75) is 27.0 Å². The van der Waals surface area contributed by atoms with Gasteiger partial charge in [0.1, 0.15) is 18.0 Å². The number of nitrogens with zero attached hydrogens (tertiary/aromatic N) is 2. The van der Waals surface area contributed by atoms with E-state index in [1.807, 2.05) is 6.92 Å². The van der Waals surface area contributed by atoms with Gasteiger partial charge in [-0.05, 0) is 31.2 Å². The third-order valence-corrected chi connectivity index (χ3v) is 2.74. The fourth-order valence-corrected chi connectivity index (χ4v) is 1.64. The fourth-order valence-electron chi connectivity index (χ4n) is 1.64. The van der Waals surface area contributed by atoms with Crippen LogP contribution in [0.5, 0.6) is 5.75 Å². The summed E-state index contributed by atoms with van der Waals surface area (Å²) in [5.41, 5.74) is 1.45. The first-order valence-electron chi connectivity index (χ1n) is 6.21. The normalized spacial score (nSPS) is 10.8. The lowest BCUT2D eigenvalue weighted by molar-refractivity contribution is 0.252. The number of halogens is 2. The van der Waals surface area contributed by atoms with Crippen LogP contribution in [0.4, 0.5) is 8.78 Å². The maximum Gasteiger partial charge on any atom is 0.191 e. The van der Waals surface area contributed by atoms with Crippen molar-refractivity contribution in [3.63, 3.8) is 0 Å². The molecule has 0 atom stereocenters. The van der Waals surface area contributed by atoms with E-state index in [0.29, 0.717) is 23.5 Å². The summed E-state index contributed by atoms with van der Waals surface area (Å²) in [4.78, 5) is 0. The van der Waals surface area contributed by atoms with Crippen LogP contribution in [0.2, 0.25) is 0 Å². The highest BCUT2D eigenvalue weighted by molar-refractivity contribution is 5.31. The molecule has 0 spiro atoms. The molecule has 1 aromatic heterocycles. The van der Waals surface area contributed by atoms with Gasteiger partial charge in [-0.2, -0.15) is 0 Å². The molecule has 0 aliphatic carbocycles. The van der Waals surface area contributed by atoms with Crippen LogP contribution in [-0.4, -0.2) is 16.9 Å². The van der Waals surface area contributed by atoms with E-state index in [2.05, 4.69) is 20.3 Å². The SMILES string of the molecule is CCNCc1cc(F)c(OCc2nonc2C)c(F)c1. The molecule has 1 N–H and O–H groups in total. The lowest BCUT2D eigenvalue weighted by Crippen LogP contribution is -2.12. The number of rotatable bonds is 6. The second-order valence-corrected chi connectivity index (χ2v) is 4.25. The van der Waals surface area contributed by atoms with Crippen LogP contribution in [0, 0.1) is 18.6 Å². The van der Waals surface area contributed by atoms with Crippen LogP contribution in [0.3, 0.4) is 0 Å². The molecule has 1 aromatic carbocycles. The molecule has 0 saturated carbocycles. The van der Waals surface area contributed by atoms with Crippen molar-refractivity contribution in [3.8, 4) is 5.75 Å². The number of benzene rings is 1. The van der Waals surface area contributed by atoms with Gasteiger partial charge in [0, 0.05) is 6.54 Å². The van der Waals surface area contributed by atoms with Crippen molar-refractivity contribution in [1.29, 1.82) is 0 Å². The number of nitrogens with one attached hydrogen (secondary N) is 1. The molecular weight excluding hydrogens is 268 g/mol. The lowest BCUT2D eigenvalue weighted by atomic mass is 10.2. The van der Waals surface area contributed by atoms with Crippen LogP contribution in [-0.2, 0) is 13.2 Å². The molecule has 7 heteroatoms.